The maximum absolute atomic E-state index is 12.6. The van der Waals surface area contributed by atoms with E-state index in [1.165, 1.54) is 0 Å². The largest absolute Gasteiger partial charge is 0.480 e. The summed E-state index contributed by atoms with van der Waals surface area (Å²) in [5.74, 6) is -1.37. The fourth-order valence-corrected chi connectivity index (χ4v) is 2.96. The quantitative estimate of drug-likeness (QED) is 0.702. The van der Waals surface area contributed by atoms with Gasteiger partial charge in [-0.1, -0.05) is 24.3 Å². The van der Waals surface area contributed by atoms with Crippen LogP contribution in [0, 0.1) is 0 Å². The van der Waals surface area contributed by atoms with Crippen molar-refractivity contribution in [2.24, 2.45) is 0 Å². The number of carbonyl (C=O) groups excluding carboxylic acids is 2. The summed E-state index contributed by atoms with van der Waals surface area (Å²) in [5, 5.41) is 11.8. The Labute approximate surface area is 171 Å². The van der Waals surface area contributed by atoms with Gasteiger partial charge in [-0.15, -0.1) is 0 Å². The number of benzene rings is 1. The molecule has 1 aromatic carbocycles. The van der Waals surface area contributed by atoms with Gasteiger partial charge < -0.3 is 19.9 Å². The van der Waals surface area contributed by atoms with E-state index in [1.807, 2.05) is 32.9 Å². The monoisotopic (exact) mass is 405 g/mol. The van der Waals surface area contributed by atoms with Crippen LogP contribution in [-0.2, 0) is 30.9 Å². The van der Waals surface area contributed by atoms with Crippen molar-refractivity contribution < 1.29 is 29.0 Å². The Bertz CT molecular complexity index is 766. The van der Waals surface area contributed by atoms with Crippen LogP contribution in [0.4, 0.5) is 4.79 Å². The average Bonchev–Trinajstić information content (AvgIpc) is 3.33. The van der Waals surface area contributed by atoms with Gasteiger partial charge in [-0.05, 0) is 65.5 Å². The van der Waals surface area contributed by atoms with E-state index in [2.05, 4.69) is 5.32 Å². The molecule has 1 aliphatic carbocycles. The summed E-state index contributed by atoms with van der Waals surface area (Å²) < 4.78 is 10.7. The number of esters is 1. The van der Waals surface area contributed by atoms with Crippen molar-refractivity contribution in [2.45, 2.75) is 83.5 Å². The van der Waals surface area contributed by atoms with E-state index in [0.717, 1.165) is 24.0 Å². The van der Waals surface area contributed by atoms with Gasteiger partial charge in [0.05, 0.1) is 5.41 Å². The Morgan fingerprint density at radius 3 is 1.93 bits per heavy atom. The highest BCUT2D eigenvalue weighted by atomic mass is 16.6. The molecule has 1 aromatic rings. The molecule has 0 saturated heterocycles. The van der Waals surface area contributed by atoms with E-state index in [-0.39, 0.29) is 12.4 Å². The Kier molecular flexibility index (Phi) is 6.30. The van der Waals surface area contributed by atoms with Crippen LogP contribution in [0.1, 0.15) is 65.5 Å². The molecule has 0 radical (unpaired) electrons. The van der Waals surface area contributed by atoms with Crippen LogP contribution < -0.4 is 5.32 Å². The van der Waals surface area contributed by atoms with E-state index in [0.29, 0.717) is 0 Å². The maximum atomic E-state index is 12.6. The van der Waals surface area contributed by atoms with Crippen LogP contribution in [0.2, 0.25) is 0 Å². The zero-order valence-electron chi connectivity index (χ0n) is 18.0. The molecule has 1 saturated carbocycles. The number of carboxylic acids is 1. The van der Waals surface area contributed by atoms with Crippen molar-refractivity contribution >= 4 is 18.0 Å². The smallest absolute Gasteiger partial charge is 0.408 e. The summed E-state index contributed by atoms with van der Waals surface area (Å²) in [4.78, 5) is 36.0. The van der Waals surface area contributed by atoms with Crippen molar-refractivity contribution in [3.8, 4) is 0 Å². The number of hydrogen-bond donors (Lipinski definition) is 2. The van der Waals surface area contributed by atoms with Crippen molar-refractivity contribution in [1.29, 1.82) is 0 Å². The van der Waals surface area contributed by atoms with Gasteiger partial charge >= 0.3 is 18.0 Å². The van der Waals surface area contributed by atoms with Crippen LogP contribution in [0.3, 0.4) is 0 Å². The second-order valence-electron chi connectivity index (χ2n) is 9.52. The minimum absolute atomic E-state index is 0.105. The van der Waals surface area contributed by atoms with Crippen LogP contribution in [0.5, 0.6) is 0 Å². The van der Waals surface area contributed by atoms with Crippen molar-refractivity contribution in [3.05, 3.63) is 35.4 Å². The molecule has 1 amide bonds. The van der Waals surface area contributed by atoms with Gasteiger partial charge in [0.1, 0.15) is 17.2 Å². The summed E-state index contributed by atoms with van der Waals surface area (Å²) in [6.07, 6.45) is 0.801. The molecule has 7 nitrogen and oxygen atoms in total. The number of amides is 1. The summed E-state index contributed by atoms with van der Waals surface area (Å²) in [6, 6.07) is 6.12. The van der Waals surface area contributed by atoms with Crippen molar-refractivity contribution in [1.82, 2.24) is 5.32 Å². The van der Waals surface area contributed by atoms with Gasteiger partial charge in [0.25, 0.3) is 0 Å². The molecule has 0 bridgehead atoms. The second-order valence-corrected chi connectivity index (χ2v) is 9.52. The standard InChI is InChI=1S/C22H31NO6/c1-20(2,3)28-18(26)22(11-12-22)15-9-7-14(8-10-15)13-16(17(24)25)23-19(27)29-21(4,5)6/h7-10,16H,11-13H2,1-6H3,(H,23,27)(H,24,25)/t16-/m0/s1. The van der Waals surface area contributed by atoms with Crippen molar-refractivity contribution in [3.63, 3.8) is 0 Å². The molecule has 29 heavy (non-hydrogen) atoms. The summed E-state index contributed by atoms with van der Waals surface area (Å²) in [7, 11) is 0. The molecular formula is C22H31NO6. The lowest BCUT2D eigenvalue weighted by molar-refractivity contribution is -0.158. The first-order valence-corrected chi connectivity index (χ1v) is 9.77. The minimum Gasteiger partial charge on any atom is -0.480 e. The lowest BCUT2D eigenvalue weighted by Crippen LogP contribution is -2.44. The summed E-state index contributed by atoms with van der Waals surface area (Å²) in [5.41, 5.74) is -0.268. The van der Waals surface area contributed by atoms with Crippen LogP contribution in [-0.4, -0.2) is 40.4 Å². The first-order chi connectivity index (χ1) is 13.2. The molecule has 160 valence electrons. The van der Waals surface area contributed by atoms with Gasteiger partial charge in [-0.3, -0.25) is 4.79 Å². The number of nitrogens with one attached hydrogen (secondary N) is 1. The second kappa shape index (κ2) is 8.05. The molecule has 0 aromatic heterocycles. The van der Waals surface area contributed by atoms with Gasteiger partial charge in [-0.2, -0.15) is 0 Å². The number of rotatable bonds is 6. The zero-order chi connectivity index (χ0) is 22.0. The first kappa shape index (κ1) is 22.7. The van der Waals surface area contributed by atoms with E-state index in [4.69, 9.17) is 9.47 Å². The number of ether oxygens (including phenoxy) is 2. The molecule has 0 aliphatic heterocycles. The molecule has 1 aliphatic rings. The number of carboxylic acid groups (broad SMARTS) is 1. The van der Waals surface area contributed by atoms with E-state index in [1.54, 1.807) is 32.9 Å². The highest BCUT2D eigenvalue weighted by Gasteiger charge is 2.53. The van der Waals surface area contributed by atoms with Gasteiger partial charge in [0.2, 0.25) is 0 Å². The molecule has 1 atom stereocenters. The fraction of sp³-hybridized carbons (Fsp3) is 0.591. The lowest BCUT2D eigenvalue weighted by atomic mass is 9.93. The van der Waals surface area contributed by atoms with Crippen LogP contribution in [0.15, 0.2) is 24.3 Å². The molecule has 2 rings (SSSR count). The normalized spacial score (nSPS) is 16.5. The molecule has 0 spiro atoms. The third-order valence-electron chi connectivity index (χ3n) is 4.48. The zero-order valence-corrected chi connectivity index (χ0v) is 18.0. The SMILES string of the molecule is CC(C)(C)OC(=O)N[C@@H](Cc1ccc(C2(C(=O)OC(C)(C)C)CC2)cc1)C(=O)O. The van der Waals surface area contributed by atoms with Crippen molar-refractivity contribution in [2.75, 3.05) is 0 Å². The number of alkyl carbamates (subject to hydrolysis) is 1. The van der Waals surface area contributed by atoms with E-state index < -0.39 is 34.7 Å². The summed E-state index contributed by atoms with van der Waals surface area (Å²) >= 11 is 0. The third-order valence-corrected chi connectivity index (χ3v) is 4.48. The lowest BCUT2D eigenvalue weighted by Gasteiger charge is -2.24. The molecule has 7 heteroatoms. The molecule has 2 N–H and O–H groups in total. The number of aliphatic carboxylic acids is 1. The minimum atomic E-state index is -1.15. The van der Waals surface area contributed by atoms with Crippen LogP contribution >= 0.6 is 0 Å². The summed E-state index contributed by atoms with van der Waals surface area (Å²) in [6.45, 7) is 10.6. The molecule has 0 heterocycles. The Morgan fingerprint density at radius 1 is 1.00 bits per heavy atom. The van der Waals surface area contributed by atoms with Gasteiger partial charge in [0.15, 0.2) is 0 Å². The van der Waals surface area contributed by atoms with Gasteiger partial charge in [-0.25, -0.2) is 9.59 Å². The van der Waals surface area contributed by atoms with E-state index in [9.17, 15) is 19.5 Å². The fourth-order valence-electron chi connectivity index (χ4n) is 2.96. The van der Waals surface area contributed by atoms with Gasteiger partial charge in [0, 0.05) is 6.42 Å². The highest BCUT2D eigenvalue weighted by Crippen LogP contribution is 2.49. The Hall–Kier alpha value is -2.57. The third kappa shape index (κ3) is 6.48. The number of hydrogen-bond acceptors (Lipinski definition) is 5. The topological polar surface area (TPSA) is 102 Å². The number of carbonyl (C=O) groups is 3. The Morgan fingerprint density at radius 2 is 1.52 bits per heavy atom. The first-order valence-electron chi connectivity index (χ1n) is 9.77. The molecule has 1 fully saturated rings. The maximum Gasteiger partial charge on any atom is 0.408 e. The average molecular weight is 405 g/mol. The highest BCUT2D eigenvalue weighted by molar-refractivity contribution is 5.87. The molecular weight excluding hydrogens is 374 g/mol. The predicted molar refractivity (Wildman–Crippen MR) is 108 cm³/mol. The van der Waals surface area contributed by atoms with Crippen LogP contribution in [0.25, 0.3) is 0 Å². The predicted octanol–water partition coefficient (Wildman–Crippen LogP) is 3.58. The van der Waals surface area contributed by atoms with E-state index >= 15 is 0 Å². The molecule has 0 unspecified atom stereocenters. The Balaban J connectivity index is 2.06.